The van der Waals surface area contributed by atoms with E-state index in [4.69, 9.17) is 23.2 Å². The van der Waals surface area contributed by atoms with Crippen molar-refractivity contribution in [3.05, 3.63) is 72.2 Å². The fourth-order valence-electron chi connectivity index (χ4n) is 1.78. The highest BCUT2D eigenvalue weighted by Gasteiger charge is 2.21. The maximum atomic E-state index is 12.2. The molecule has 0 saturated heterocycles. The number of nitrogens with one attached hydrogen (secondary N) is 1. The topological polar surface area (TPSA) is 115 Å². The van der Waals surface area contributed by atoms with E-state index in [0.717, 1.165) is 18.2 Å². The molecular weight excluding hydrogens is 349 g/mol. The second-order valence-electron chi connectivity index (χ2n) is 4.30. The lowest BCUT2D eigenvalue weighted by molar-refractivity contribution is -0.385. The van der Waals surface area contributed by atoms with E-state index in [0.29, 0.717) is 0 Å². The maximum Gasteiger partial charge on any atom is 0.289 e. The second kappa shape index (κ2) is 6.59. The van der Waals surface area contributed by atoms with Crippen LogP contribution in [0, 0.1) is 20.2 Å². The molecule has 23 heavy (non-hydrogen) atoms. The lowest BCUT2D eigenvalue weighted by Crippen LogP contribution is -2.14. The molecule has 1 N–H and O–H groups in total. The monoisotopic (exact) mass is 355 g/mol. The largest absolute Gasteiger partial charge is 0.322 e. The SMILES string of the molecule is O=C(Nc1ccc(Cl)c([N+](=O)[O-])c1)c1cc(Cl)ccc1[N+](=O)[O-]. The van der Waals surface area contributed by atoms with Crippen molar-refractivity contribution >= 4 is 46.2 Å². The Labute approximate surface area is 138 Å². The van der Waals surface area contributed by atoms with Crippen molar-refractivity contribution in [3.63, 3.8) is 0 Å². The molecule has 1 amide bonds. The van der Waals surface area contributed by atoms with E-state index in [1.807, 2.05) is 0 Å². The van der Waals surface area contributed by atoms with E-state index < -0.39 is 27.1 Å². The molecule has 10 heteroatoms. The maximum absolute atomic E-state index is 12.2. The van der Waals surface area contributed by atoms with Crippen molar-refractivity contribution in [2.24, 2.45) is 0 Å². The summed E-state index contributed by atoms with van der Waals surface area (Å²) in [6.07, 6.45) is 0. The summed E-state index contributed by atoms with van der Waals surface area (Å²) in [4.78, 5) is 32.5. The third-order valence-corrected chi connectivity index (χ3v) is 3.36. The van der Waals surface area contributed by atoms with Crippen LogP contribution in [0.4, 0.5) is 17.1 Å². The molecule has 0 atom stereocenters. The number of amides is 1. The first-order valence-electron chi connectivity index (χ1n) is 5.99. The smallest absolute Gasteiger partial charge is 0.289 e. The summed E-state index contributed by atoms with van der Waals surface area (Å²) in [5, 5.41) is 24.2. The number of hydrogen-bond donors (Lipinski definition) is 1. The molecule has 0 fully saturated rings. The lowest BCUT2D eigenvalue weighted by Gasteiger charge is -2.07. The van der Waals surface area contributed by atoms with Crippen molar-refractivity contribution in [1.82, 2.24) is 0 Å². The molecule has 0 saturated carbocycles. The van der Waals surface area contributed by atoms with Crippen LogP contribution in [0.1, 0.15) is 10.4 Å². The Morgan fingerprint density at radius 3 is 2.22 bits per heavy atom. The molecular formula is C13H7Cl2N3O5. The van der Waals surface area contributed by atoms with E-state index in [2.05, 4.69) is 5.32 Å². The minimum Gasteiger partial charge on any atom is -0.322 e. The third-order valence-electron chi connectivity index (χ3n) is 2.80. The van der Waals surface area contributed by atoms with Gasteiger partial charge in [0.15, 0.2) is 0 Å². The molecule has 0 spiro atoms. The van der Waals surface area contributed by atoms with E-state index in [9.17, 15) is 25.0 Å². The molecule has 0 radical (unpaired) electrons. The molecule has 2 rings (SSSR count). The molecule has 0 unspecified atom stereocenters. The van der Waals surface area contributed by atoms with E-state index in [1.54, 1.807) is 0 Å². The zero-order valence-electron chi connectivity index (χ0n) is 11.2. The predicted molar refractivity (Wildman–Crippen MR) is 84.2 cm³/mol. The number of benzene rings is 2. The zero-order valence-corrected chi connectivity index (χ0v) is 12.7. The Balaban J connectivity index is 2.37. The molecule has 0 aliphatic carbocycles. The highest BCUT2D eigenvalue weighted by molar-refractivity contribution is 6.33. The Morgan fingerprint density at radius 1 is 0.957 bits per heavy atom. The molecule has 0 aliphatic heterocycles. The van der Waals surface area contributed by atoms with Gasteiger partial charge in [-0.05, 0) is 24.3 Å². The van der Waals surface area contributed by atoms with E-state index >= 15 is 0 Å². The average molecular weight is 356 g/mol. The Morgan fingerprint density at radius 2 is 1.61 bits per heavy atom. The van der Waals surface area contributed by atoms with Gasteiger partial charge in [-0.3, -0.25) is 25.0 Å². The molecule has 8 nitrogen and oxygen atoms in total. The molecule has 0 bridgehead atoms. The van der Waals surface area contributed by atoms with Gasteiger partial charge in [-0.25, -0.2) is 0 Å². The highest BCUT2D eigenvalue weighted by Crippen LogP contribution is 2.28. The van der Waals surface area contributed by atoms with Crippen molar-refractivity contribution in [3.8, 4) is 0 Å². The van der Waals surface area contributed by atoms with Crippen LogP contribution in [0.3, 0.4) is 0 Å². The van der Waals surface area contributed by atoms with Gasteiger partial charge in [0.1, 0.15) is 10.6 Å². The molecule has 0 heterocycles. The lowest BCUT2D eigenvalue weighted by atomic mass is 10.1. The van der Waals surface area contributed by atoms with E-state index in [-0.39, 0.29) is 21.3 Å². The van der Waals surface area contributed by atoms with Crippen molar-refractivity contribution in [1.29, 1.82) is 0 Å². The number of halogens is 2. The van der Waals surface area contributed by atoms with Crippen LogP contribution in [0.25, 0.3) is 0 Å². The fraction of sp³-hybridized carbons (Fsp3) is 0. The molecule has 2 aromatic carbocycles. The Bertz CT molecular complexity index is 825. The minimum absolute atomic E-state index is 0.0698. The number of rotatable bonds is 4. The predicted octanol–water partition coefficient (Wildman–Crippen LogP) is 4.06. The number of anilines is 1. The Hall–Kier alpha value is -2.71. The summed E-state index contributed by atoms with van der Waals surface area (Å²) in [7, 11) is 0. The molecule has 2 aromatic rings. The summed E-state index contributed by atoms with van der Waals surface area (Å²) < 4.78 is 0. The van der Waals surface area contributed by atoms with Crippen LogP contribution in [-0.4, -0.2) is 15.8 Å². The quantitative estimate of drug-likeness (QED) is 0.655. The molecule has 0 aliphatic rings. The van der Waals surface area contributed by atoms with Gasteiger partial charge < -0.3 is 5.32 Å². The van der Waals surface area contributed by atoms with Crippen LogP contribution < -0.4 is 5.32 Å². The standard InChI is InChI=1S/C13H7Cl2N3O5/c14-7-1-4-11(17(20)21)9(5-7)13(19)16-8-2-3-10(15)12(6-8)18(22)23/h1-6H,(H,16,19). The number of carbonyl (C=O) groups excluding carboxylic acids is 1. The normalized spacial score (nSPS) is 10.2. The molecule has 118 valence electrons. The summed E-state index contributed by atoms with van der Waals surface area (Å²) >= 11 is 11.4. The minimum atomic E-state index is -0.823. The van der Waals surface area contributed by atoms with Gasteiger partial charge in [0.25, 0.3) is 17.3 Å². The van der Waals surface area contributed by atoms with Crippen LogP contribution in [0.5, 0.6) is 0 Å². The van der Waals surface area contributed by atoms with Gasteiger partial charge in [-0.1, -0.05) is 23.2 Å². The van der Waals surface area contributed by atoms with Crippen molar-refractivity contribution < 1.29 is 14.6 Å². The summed E-state index contributed by atoms with van der Waals surface area (Å²) in [5.41, 5.74) is -1.03. The van der Waals surface area contributed by atoms with Crippen molar-refractivity contribution in [2.75, 3.05) is 5.32 Å². The summed E-state index contributed by atoms with van der Waals surface area (Å²) in [5.74, 6) is -0.823. The van der Waals surface area contributed by atoms with Gasteiger partial charge in [-0.15, -0.1) is 0 Å². The van der Waals surface area contributed by atoms with Gasteiger partial charge in [0, 0.05) is 22.8 Å². The van der Waals surface area contributed by atoms with Crippen LogP contribution >= 0.6 is 23.2 Å². The number of nitro benzene ring substituents is 2. The van der Waals surface area contributed by atoms with Crippen LogP contribution in [-0.2, 0) is 0 Å². The Kier molecular flexibility index (Phi) is 4.77. The highest BCUT2D eigenvalue weighted by atomic mass is 35.5. The van der Waals surface area contributed by atoms with Gasteiger partial charge in [0.05, 0.1) is 9.85 Å². The van der Waals surface area contributed by atoms with Gasteiger partial charge in [-0.2, -0.15) is 0 Å². The second-order valence-corrected chi connectivity index (χ2v) is 5.14. The van der Waals surface area contributed by atoms with Crippen molar-refractivity contribution in [2.45, 2.75) is 0 Å². The summed E-state index contributed by atoms with van der Waals surface area (Å²) in [6.45, 7) is 0. The number of nitro groups is 2. The average Bonchev–Trinajstić information content (AvgIpc) is 2.48. The first-order chi connectivity index (χ1) is 10.8. The number of nitrogens with zero attached hydrogens (tertiary/aromatic N) is 2. The van der Waals surface area contributed by atoms with Crippen LogP contribution in [0.15, 0.2) is 36.4 Å². The summed E-state index contributed by atoms with van der Waals surface area (Å²) in [6, 6.07) is 7.15. The van der Waals surface area contributed by atoms with Crippen LogP contribution in [0.2, 0.25) is 10.0 Å². The number of carbonyl (C=O) groups is 1. The van der Waals surface area contributed by atoms with Gasteiger partial charge in [0.2, 0.25) is 0 Å². The number of hydrogen-bond acceptors (Lipinski definition) is 5. The first-order valence-corrected chi connectivity index (χ1v) is 6.74. The fourth-order valence-corrected chi connectivity index (χ4v) is 2.14. The third kappa shape index (κ3) is 3.74. The molecule has 0 aromatic heterocycles. The first kappa shape index (κ1) is 16.7. The van der Waals surface area contributed by atoms with Gasteiger partial charge >= 0.3 is 0 Å². The van der Waals surface area contributed by atoms with E-state index in [1.165, 1.54) is 18.2 Å². The zero-order chi connectivity index (χ0) is 17.1.